The van der Waals surface area contributed by atoms with E-state index in [2.05, 4.69) is 5.32 Å². The van der Waals surface area contributed by atoms with Crippen LogP contribution in [0.25, 0.3) is 0 Å². The molecule has 1 heterocycles. The number of nitrogens with one attached hydrogen (secondary N) is 1. The third kappa shape index (κ3) is 4.45. The molecule has 0 spiro atoms. The van der Waals surface area contributed by atoms with Gasteiger partial charge in [-0.2, -0.15) is 0 Å². The first-order valence-corrected chi connectivity index (χ1v) is 7.39. The summed E-state index contributed by atoms with van der Waals surface area (Å²) in [4.78, 5) is 26.0. The molecule has 0 radical (unpaired) electrons. The maximum atomic E-state index is 12.1. The topological polar surface area (TPSA) is 75.4 Å². The number of hydrogen-bond acceptors (Lipinski definition) is 3. The van der Waals surface area contributed by atoms with Gasteiger partial charge in [0.2, 0.25) is 11.8 Å². The van der Waals surface area contributed by atoms with Crippen LogP contribution in [0.2, 0.25) is 0 Å². The van der Waals surface area contributed by atoms with Crippen LogP contribution in [0.1, 0.15) is 38.3 Å². The molecule has 0 bridgehead atoms. The molecule has 1 aromatic rings. The summed E-state index contributed by atoms with van der Waals surface area (Å²) in [7, 11) is 0. The van der Waals surface area contributed by atoms with Gasteiger partial charge in [-0.25, -0.2) is 0 Å². The van der Waals surface area contributed by atoms with Crippen LogP contribution in [-0.2, 0) is 9.59 Å². The Kier molecular flexibility index (Phi) is 6.84. The Labute approximate surface area is 137 Å². The average Bonchev–Trinajstić information content (AvgIpc) is 2.81. The second-order valence-corrected chi connectivity index (χ2v) is 5.76. The van der Waals surface area contributed by atoms with E-state index in [-0.39, 0.29) is 42.7 Å². The molecule has 2 amide bonds. The van der Waals surface area contributed by atoms with E-state index in [1.165, 1.54) is 0 Å². The minimum atomic E-state index is -0.400. The molecule has 2 atom stereocenters. The molecule has 5 nitrogen and oxygen atoms in total. The molecule has 3 N–H and O–H groups in total. The lowest BCUT2D eigenvalue weighted by Crippen LogP contribution is -2.43. The monoisotopic (exact) mass is 325 g/mol. The number of rotatable bonds is 5. The maximum Gasteiger partial charge on any atom is 0.245 e. The summed E-state index contributed by atoms with van der Waals surface area (Å²) < 4.78 is 0. The molecule has 1 fully saturated rings. The van der Waals surface area contributed by atoms with Gasteiger partial charge in [0.05, 0.1) is 0 Å². The van der Waals surface area contributed by atoms with Gasteiger partial charge in [0.1, 0.15) is 6.04 Å². The fourth-order valence-electron chi connectivity index (χ4n) is 2.62. The lowest BCUT2D eigenvalue weighted by atomic mass is 10.0. The van der Waals surface area contributed by atoms with Crippen molar-refractivity contribution in [1.82, 2.24) is 10.2 Å². The second-order valence-electron chi connectivity index (χ2n) is 5.76. The van der Waals surface area contributed by atoms with Crippen LogP contribution in [-0.4, -0.2) is 35.3 Å². The van der Waals surface area contributed by atoms with Crippen LogP contribution < -0.4 is 11.1 Å². The predicted molar refractivity (Wildman–Crippen MR) is 88.6 cm³/mol. The number of benzene rings is 1. The van der Waals surface area contributed by atoms with E-state index in [0.717, 1.165) is 5.56 Å². The number of nitrogens with two attached hydrogens (primary N) is 1. The van der Waals surface area contributed by atoms with Gasteiger partial charge in [-0.05, 0) is 25.8 Å². The lowest BCUT2D eigenvalue weighted by molar-refractivity contribution is -0.133. The summed E-state index contributed by atoms with van der Waals surface area (Å²) >= 11 is 0. The Bertz CT molecular complexity index is 507. The van der Waals surface area contributed by atoms with Crippen LogP contribution in [0.5, 0.6) is 0 Å². The van der Waals surface area contributed by atoms with Gasteiger partial charge >= 0.3 is 0 Å². The minimum absolute atomic E-state index is 0. The van der Waals surface area contributed by atoms with Crippen molar-refractivity contribution < 1.29 is 9.59 Å². The van der Waals surface area contributed by atoms with Crippen LogP contribution >= 0.6 is 12.4 Å². The number of nitrogens with zero attached hydrogens (tertiary/aromatic N) is 1. The zero-order chi connectivity index (χ0) is 15.4. The second kappa shape index (κ2) is 8.15. The molecule has 2 rings (SSSR count). The number of halogens is 1. The van der Waals surface area contributed by atoms with Gasteiger partial charge in [0.15, 0.2) is 0 Å². The molecule has 1 aromatic carbocycles. The fraction of sp³-hybridized carbons (Fsp3) is 0.500. The molecule has 1 saturated heterocycles. The Balaban J connectivity index is 0.00000242. The Morgan fingerprint density at radius 3 is 2.55 bits per heavy atom. The van der Waals surface area contributed by atoms with Gasteiger partial charge in [-0.3, -0.25) is 9.59 Å². The van der Waals surface area contributed by atoms with Gasteiger partial charge < -0.3 is 16.0 Å². The van der Waals surface area contributed by atoms with Crippen molar-refractivity contribution in [1.29, 1.82) is 0 Å². The highest BCUT2D eigenvalue weighted by molar-refractivity contribution is 5.89. The Hall–Kier alpha value is -1.59. The SMILES string of the molecule is CC(C)N1CCC(NC(=O)CC(N)c2ccccc2)C1=O.Cl. The van der Waals surface area contributed by atoms with E-state index in [1.54, 1.807) is 4.90 Å². The van der Waals surface area contributed by atoms with Crippen LogP contribution in [0.15, 0.2) is 30.3 Å². The Morgan fingerprint density at radius 2 is 2.00 bits per heavy atom. The van der Waals surface area contributed by atoms with Crippen molar-refractivity contribution in [2.75, 3.05) is 6.54 Å². The third-order valence-electron chi connectivity index (χ3n) is 3.83. The quantitative estimate of drug-likeness (QED) is 0.864. The summed E-state index contributed by atoms with van der Waals surface area (Å²) in [5.74, 6) is -0.165. The normalized spacial score (nSPS) is 19.0. The van der Waals surface area contributed by atoms with Gasteiger partial charge in [0.25, 0.3) is 0 Å². The van der Waals surface area contributed by atoms with E-state index in [9.17, 15) is 9.59 Å². The molecule has 22 heavy (non-hydrogen) atoms. The van der Waals surface area contributed by atoms with Crippen LogP contribution in [0, 0.1) is 0 Å². The third-order valence-corrected chi connectivity index (χ3v) is 3.83. The van der Waals surface area contributed by atoms with E-state index in [1.807, 2.05) is 44.2 Å². The number of carbonyl (C=O) groups is 2. The summed E-state index contributed by atoms with van der Waals surface area (Å²) in [5, 5.41) is 2.80. The highest BCUT2D eigenvalue weighted by Gasteiger charge is 2.34. The highest BCUT2D eigenvalue weighted by atomic mass is 35.5. The van der Waals surface area contributed by atoms with Crippen molar-refractivity contribution in [2.24, 2.45) is 5.73 Å². The molecule has 6 heteroatoms. The Morgan fingerprint density at radius 1 is 1.36 bits per heavy atom. The highest BCUT2D eigenvalue weighted by Crippen LogP contribution is 2.16. The molecular weight excluding hydrogens is 302 g/mol. The van der Waals surface area contributed by atoms with E-state index < -0.39 is 6.04 Å². The van der Waals surface area contributed by atoms with Crippen molar-refractivity contribution in [3.8, 4) is 0 Å². The van der Waals surface area contributed by atoms with Crippen molar-refractivity contribution >= 4 is 24.2 Å². The van der Waals surface area contributed by atoms with Crippen molar-refractivity contribution in [3.05, 3.63) is 35.9 Å². The molecule has 1 aliphatic heterocycles. The zero-order valence-electron chi connectivity index (χ0n) is 13.0. The van der Waals surface area contributed by atoms with Gasteiger partial charge in [0, 0.05) is 25.0 Å². The minimum Gasteiger partial charge on any atom is -0.344 e. The maximum absolute atomic E-state index is 12.1. The molecule has 1 aliphatic rings. The largest absolute Gasteiger partial charge is 0.344 e. The van der Waals surface area contributed by atoms with E-state index in [4.69, 9.17) is 5.73 Å². The first kappa shape index (κ1) is 18.5. The number of hydrogen-bond donors (Lipinski definition) is 2. The number of amides is 2. The standard InChI is InChI=1S/C16H23N3O2.ClH/c1-11(2)19-9-8-14(16(19)21)18-15(20)10-13(17)12-6-4-3-5-7-12;/h3-7,11,13-14H,8-10,17H2,1-2H3,(H,18,20);1H. The van der Waals surface area contributed by atoms with E-state index >= 15 is 0 Å². The zero-order valence-corrected chi connectivity index (χ0v) is 13.8. The molecule has 2 unspecified atom stereocenters. The molecule has 0 saturated carbocycles. The number of carbonyl (C=O) groups excluding carboxylic acids is 2. The number of likely N-dealkylation sites (tertiary alicyclic amines) is 1. The fourth-order valence-corrected chi connectivity index (χ4v) is 2.62. The molecular formula is C16H24ClN3O2. The average molecular weight is 326 g/mol. The van der Waals surface area contributed by atoms with E-state index in [0.29, 0.717) is 13.0 Å². The van der Waals surface area contributed by atoms with Crippen LogP contribution in [0.3, 0.4) is 0 Å². The smallest absolute Gasteiger partial charge is 0.245 e. The van der Waals surface area contributed by atoms with Crippen molar-refractivity contribution in [2.45, 2.75) is 44.8 Å². The molecule has 122 valence electrons. The van der Waals surface area contributed by atoms with Crippen molar-refractivity contribution in [3.63, 3.8) is 0 Å². The summed E-state index contributed by atoms with van der Waals surface area (Å²) in [6.45, 7) is 4.66. The summed E-state index contributed by atoms with van der Waals surface area (Å²) in [6, 6.07) is 8.94. The summed E-state index contributed by atoms with van der Waals surface area (Å²) in [5.41, 5.74) is 6.95. The van der Waals surface area contributed by atoms with Gasteiger partial charge in [-0.15, -0.1) is 12.4 Å². The van der Waals surface area contributed by atoms with Gasteiger partial charge in [-0.1, -0.05) is 30.3 Å². The molecule has 0 aromatic heterocycles. The first-order valence-electron chi connectivity index (χ1n) is 7.39. The van der Waals surface area contributed by atoms with Crippen LogP contribution in [0.4, 0.5) is 0 Å². The summed E-state index contributed by atoms with van der Waals surface area (Å²) in [6.07, 6.45) is 0.860. The lowest BCUT2D eigenvalue weighted by Gasteiger charge is -2.21. The predicted octanol–water partition coefficient (Wildman–Crippen LogP) is 1.62. The molecule has 0 aliphatic carbocycles. The first-order chi connectivity index (χ1) is 9.99.